The molecule has 3 heteroatoms. The van der Waals surface area contributed by atoms with Crippen LogP contribution >= 0.6 is 11.6 Å². The number of aliphatic imine (C=N–C) groups is 1. The van der Waals surface area contributed by atoms with E-state index < -0.39 is 0 Å². The molecule has 0 radical (unpaired) electrons. The Bertz CT molecular complexity index is 635. The van der Waals surface area contributed by atoms with Crippen molar-refractivity contribution in [3.63, 3.8) is 0 Å². The molecule has 0 spiro atoms. The molecule has 0 aromatic heterocycles. The van der Waals surface area contributed by atoms with Crippen LogP contribution < -0.4 is 4.74 Å². The summed E-state index contributed by atoms with van der Waals surface area (Å²) in [6.45, 7) is 6.07. The average Bonchev–Trinajstić information content (AvgIpc) is 2.47. The van der Waals surface area contributed by atoms with Gasteiger partial charge >= 0.3 is 0 Å². The maximum absolute atomic E-state index is 6.09. The topological polar surface area (TPSA) is 21.6 Å². The van der Waals surface area contributed by atoms with E-state index in [1.54, 1.807) is 12.3 Å². The maximum atomic E-state index is 6.09. The Morgan fingerprint density at radius 3 is 2.80 bits per heavy atom. The summed E-state index contributed by atoms with van der Waals surface area (Å²) in [5.41, 5.74) is 2.75. The van der Waals surface area contributed by atoms with E-state index in [-0.39, 0.29) is 0 Å². The lowest BCUT2D eigenvalue weighted by atomic mass is 10.2. The summed E-state index contributed by atoms with van der Waals surface area (Å²) in [6, 6.07) is 13.4. The van der Waals surface area contributed by atoms with E-state index in [1.165, 1.54) is 0 Å². The zero-order chi connectivity index (χ0) is 14.4. The van der Waals surface area contributed by atoms with Crippen LogP contribution in [0.2, 0.25) is 5.02 Å². The number of hydrogen-bond donors (Lipinski definition) is 0. The number of rotatable bonds is 5. The minimum absolute atomic E-state index is 0.473. The van der Waals surface area contributed by atoms with Crippen molar-refractivity contribution in [1.29, 1.82) is 0 Å². The molecule has 0 atom stereocenters. The lowest BCUT2D eigenvalue weighted by Gasteiger charge is -2.06. The van der Waals surface area contributed by atoms with Crippen LogP contribution in [0.25, 0.3) is 0 Å². The van der Waals surface area contributed by atoms with E-state index in [4.69, 9.17) is 16.3 Å². The van der Waals surface area contributed by atoms with E-state index >= 15 is 0 Å². The summed E-state index contributed by atoms with van der Waals surface area (Å²) in [5, 5.41) is 0.718. The van der Waals surface area contributed by atoms with Gasteiger partial charge in [-0.05, 0) is 36.8 Å². The van der Waals surface area contributed by atoms with Gasteiger partial charge in [0.25, 0.3) is 0 Å². The largest absolute Gasteiger partial charge is 0.489 e. The van der Waals surface area contributed by atoms with Crippen LogP contribution in [0.5, 0.6) is 5.75 Å². The van der Waals surface area contributed by atoms with Crippen molar-refractivity contribution in [2.75, 3.05) is 6.61 Å². The van der Waals surface area contributed by atoms with Crippen LogP contribution in [0.1, 0.15) is 11.1 Å². The lowest BCUT2D eigenvalue weighted by Crippen LogP contribution is -1.96. The highest BCUT2D eigenvalue weighted by atomic mass is 35.5. The molecule has 20 heavy (non-hydrogen) atoms. The van der Waals surface area contributed by atoms with Gasteiger partial charge in [-0.3, -0.25) is 4.99 Å². The van der Waals surface area contributed by atoms with Crippen molar-refractivity contribution in [2.24, 2.45) is 4.99 Å². The third-order valence-electron chi connectivity index (χ3n) is 2.86. The van der Waals surface area contributed by atoms with E-state index in [2.05, 4.69) is 11.6 Å². The molecule has 102 valence electrons. The molecule has 0 N–H and O–H groups in total. The van der Waals surface area contributed by atoms with Gasteiger partial charge in [-0.15, -0.1) is 0 Å². The first-order valence-corrected chi connectivity index (χ1v) is 6.72. The highest BCUT2D eigenvalue weighted by molar-refractivity contribution is 6.31. The first-order valence-electron chi connectivity index (χ1n) is 6.34. The summed E-state index contributed by atoms with van der Waals surface area (Å²) in [4.78, 5) is 4.49. The minimum atomic E-state index is 0.473. The van der Waals surface area contributed by atoms with Gasteiger partial charge in [0, 0.05) is 16.8 Å². The molecular formula is C17H16ClNO. The van der Waals surface area contributed by atoms with Gasteiger partial charge in [0.05, 0.1) is 5.69 Å². The number of ether oxygens (including phenoxy) is 1. The average molecular weight is 286 g/mol. The van der Waals surface area contributed by atoms with Gasteiger partial charge in [0.2, 0.25) is 0 Å². The van der Waals surface area contributed by atoms with E-state index in [1.807, 2.05) is 49.4 Å². The third kappa shape index (κ3) is 3.49. The highest BCUT2D eigenvalue weighted by Crippen LogP contribution is 2.26. The fourth-order valence-corrected chi connectivity index (χ4v) is 1.91. The molecule has 0 saturated heterocycles. The Hall–Kier alpha value is -2.06. The minimum Gasteiger partial charge on any atom is -0.489 e. The van der Waals surface area contributed by atoms with Crippen molar-refractivity contribution in [1.82, 2.24) is 0 Å². The van der Waals surface area contributed by atoms with Crippen LogP contribution in [-0.2, 0) is 0 Å². The molecule has 0 aliphatic carbocycles. The van der Waals surface area contributed by atoms with E-state index in [0.717, 1.165) is 27.6 Å². The Balaban J connectivity index is 2.27. The van der Waals surface area contributed by atoms with Crippen LogP contribution in [0.15, 0.2) is 60.1 Å². The standard InChI is InChI=1S/C17H16ClNO/c1-3-11-20-17-10-5-4-7-14(17)12-19-16-9-6-8-15(18)13(16)2/h3-10,12H,1,11H2,2H3. The molecule has 2 aromatic rings. The Labute approximate surface area is 124 Å². The molecule has 0 bridgehead atoms. The zero-order valence-electron chi connectivity index (χ0n) is 11.3. The quantitative estimate of drug-likeness (QED) is 0.562. The van der Waals surface area contributed by atoms with Gasteiger partial charge in [0.1, 0.15) is 12.4 Å². The SMILES string of the molecule is C=CCOc1ccccc1C=Nc1cccc(Cl)c1C. The van der Waals surface area contributed by atoms with E-state index in [9.17, 15) is 0 Å². The summed E-state index contributed by atoms with van der Waals surface area (Å²) < 4.78 is 5.59. The molecule has 0 saturated carbocycles. The Morgan fingerprint density at radius 1 is 1.20 bits per heavy atom. The molecule has 0 heterocycles. The molecule has 0 aliphatic rings. The second-order valence-corrected chi connectivity index (χ2v) is 4.69. The van der Waals surface area contributed by atoms with Crippen molar-refractivity contribution >= 4 is 23.5 Å². The van der Waals surface area contributed by atoms with Crippen molar-refractivity contribution in [3.05, 3.63) is 71.3 Å². The van der Waals surface area contributed by atoms with Crippen LogP contribution in [0.4, 0.5) is 5.69 Å². The number of nitrogens with zero attached hydrogens (tertiary/aromatic N) is 1. The number of hydrogen-bond acceptors (Lipinski definition) is 2. The second kappa shape index (κ2) is 6.92. The monoisotopic (exact) mass is 285 g/mol. The molecule has 2 nitrogen and oxygen atoms in total. The predicted octanol–water partition coefficient (Wildman–Crippen LogP) is 4.96. The summed E-state index contributed by atoms with van der Waals surface area (Å²) in [7, 11) is 0. The van der Waals surface area contributed by atoms with E-state index in [0.29, 0.717) is 6.61 Å². The van der Waals surface area contributed by atoms with Gasteiger partial charge in [-0.2, -0.15) is 0 Å². The smallest absolute Gasteiger partial charge is 0.128 e. The molecule has 0 unspecified atom stereocenters. The number of para-hydroxylation sites is 1. The van der Waals surface area contributed by atoms with Crippen molar-refractivity contribution < 1.29 is 4.74 Å². The highest BCUT2D eigenvalue weighted by Gasteiger charge is 2.02. The first-order chi connectivity index (χ1) is 9.72. The van der Waals surface area contributed by atoms with Crippen molar-refractivity contribution in [3.8, 4) is 5.75 Å². The third-order valence-corrected chi connectivity index (χ3v) is 3.27. The van der Waals surface area contributed by atoms with Crippen LogP contribution in [0.3, 0.4) is 0 Å². The van der Waals surface area contributed by atoms with Crippen molar-refractivity contribution in [2.45, 2.75) is 6.92 Å². The van der Waals surface area contributed by atoms with Gasteiger partial charge < -0.3 is 4.74 Å². The second-order valence-electron chi connectivity index (χ2n) is 4.28. The van der Waals surface area contributed by atoms with Crippen LogP contribution in [-0.4, -0.2) is 12.8 Å². The maximum Gasteiger partial charge on any atom is 0.128 e. The first kappa shape index (κ1) is 14.4. The van der Waals surface area contributed by atoms with Crippen LogP contribution in [0, 0.1) is 6.92 Å². The molecule has 2 aromatic carbocycles. The summed E-state index contributed by atoms with van der Waals surface area (Å²) in [5.74, 6) is 0.788. The summed E-state index contributed by atoms with van der Waals surface area (Å²) >= 11 is 6.09. The van der Waals surface area contributed by atoms with Gasteiger partial charge in [-0.25, -0.2) is 0 Å². The molecule has 0 fully saturated rings. The van der Waals surface area contributed by atoms with Gasteiger partial charge in [-0.1, -0.05) is 42.5 Å². The fraction of sp³-hybridized carbons (Fsp3) is 0.118. The Kier molecular flexibility index (Phi) is 4.97. The normalized spacial score (nSPS) is 10.7. The lowest BCUT2D eigenvalue weighted by molar-refractivity contribution is 0.363. The van der Waals surface area contributed by atoms with Gasteiger partial charge in [0.15, 0.2) is 0 Å². The molecule has 0 aliphatic heterocycles. The molecular weight excluding hydrogens is 270 g/mol. The fourth-order valence-electron chi connectivity index (χ4n) is 1.74. The number of halogens is 1. The zero-order valence-corrected chi connectivity index (χ0v) is 12.1. The molecule has 0 amide bonds. The predicted molar refractivity (Wildman–Crippen MR) is 85.6 cm³/mol. The number of benzene rings is 2. The Morgan fingerprint density at radius 2 is 2.00 bits per heavy atom. The molecule has 2 rings (SSSR count). The summed E-state index contributed by atoms with van der Waals surface area (Å²) in [6.07, 6.45) is 3.51.